The number of likely N-dealkylation sites (N-methyl/N-ethyl adjacent to an activating group) is 1. The number of carbonyl (C=O) groups excluding carboxylic acids is 1. The van der Waals surface area contributed by atoms with E-state index in [4.69, 9.17) is 4.74 Å². The van der Waals surface area contributed by atoms with Crippen molar-refractivity contribution >= 4 is 5.97 Å². The van der Waals surface area contributed by atoms with Crippen molar-refractivity contribution in [3.63, 3.8) is 0 Å². The van der Waals surface area contributed by atoms with E-state index in [0.717, 1.165) is 12.8 Å². The van der Waals surface area contributed by atoms with Crippen LogP contribution in [-0.4, -0.2) is 62.5 Å². The minimum Gasteiger partial charge on any atom is -0.468 e. The largest absolute Gasteiger partial charge is 0.468 e. The highest BCUT2D eigenvalue weighted by molar-refractivity contribution is 5.71. The standard InChI is InChI=1S/C11H23NO4/c1-4-5-6-16-9-10(13)7-12(2)8-11(14)15-3/h10,13H,4-9H2,1-3H3. The fraction of sp³-hybridized carbons (Fsp3) is 0.909. The molecular formula is C11H23NO4. The van der Waals surface area contributed by atoms with Crippen molar-refractivity contribution in [3.8, 4) is 0 Å². The summed E-state index contributed by atoms with van der Waals surface area (Å²) in [6, 6.07) is 0. The summed E-state index contributed by atoms with van der Waals surface area (Å²) in [5, 5.41) is 9.59. The van der Waals surface area contributed by atoms with Crippen LogP contribution in [0.2, 0.25) is 0 Å². The van der Waals surface area contributed by atoms with Crippen molar-refractivity contribution < 1.29 is 19.4 Å². The van der Waals surface area contributed by atoms with Crippen LogP contribution in [0.15, 0.2) is 0 Å². The van der Waals surface area contributed by atoms with Crippen LogP contribution in [0.25, 0.3) is 0 Å². The predicted octanol–water partition coefficient (Wildman–Crippen LogP) is 0.269. The lowest BCUT2D eigenvalue weighted by molar-refractivity contribution is -0.141. The van der Waals surface area contributed by atoms with Gasteiger partial charge in [0.1, 0.15) is 0 Å². The van der Waals surface area contributed by atoms with E-state index in [2.05, 4.69) is 11.7 Å². The molecule has 1 unspecified atom stereocenters. The topological polar surface area (TPSA) is 59.0 Å². The molecule has 0 heterocycles. The molecule has 0 aromatic carbocycles. The quantitative estimate of drug-likeness (QED) is 0.457. The summed E-state index contributed by atoms with van der Waals surface area (Å²) in [6.45, 7) is 3.66. The van der Waals surface area contributed by atoms with E-state index < -0.39 is 6.10 Å². The van der Waals surface area contributed by atoms with E-state index in [1.54, 1.807) is 11.9 Å². The van der Waals surface area contributed by atoms with Gasteiger partial charge in [-0.2, -0.15) is 0 Å². The molecule has 1 N–H and O–H groups in total. The molecule has 96 valence electrons. The number of unbranched alkanes of at least 4 members (excludes halogenated alkanes) is 1. The van der Waals surface area contributed by atoms with Gasteiger partial charge in [0.15, 0.2) is 0 Å². The van der Waals surface area contributed by atoms with Crippen molar-refractivity contribution in [1.82, 2.24) is 4.90 Å². The molecule has 1 atom stereocenters. The number of nitrogens with zero attached hydrogens (tertiary/aromatic N) is 1. The first-order chi connectivity index (χ1) is 7.60. The van der Waals surface area contributed by atoms with Crippen molar-refractivity contribution in [2.45, 2.75) is 25.9 Å². The Hall–Kier alpha value is -0.650. The molecule has 0 spiro atoms. The number of aliphatic hydroxyl groups is 1. The molecule has 5 heteroatoms. The minimum absolute atomic E-state index is 0.183. The minimum atomic E-state index is -0.563. The van der Waals surface area contributed by atoms with Crippen molar-refractivity contribution in [3.05, 3.63) is 0 Å². The van der Waals surface area contributed by atoms with Gasteiger partial charge in [-0.15, -0.1) is 0 Å². The summed E-state index contributed by atoms with van der Waals surface area (Å²) in [5.74, 6) is -0.304. The van der Waals surface area contributed by atoms with E-state index in [1.165, 1.54) is 7.11 Å². The van der Waals surface area contributed by atoms with Crippen LogP contribution < -0.4 is 0 Å². The fourth-order valence-corrected chi connectivity index (χ4v) is 1.23. The molecule has 16 heavy (non-hydrogen) atoms. The van der Waals surface area contributed by atoms with Gasteiger partial charge < -0.3 is 14.6 Å². The zero-order chi connectivity index (χ0) is 12.4. The highest BCUT2D eigenvalue weighted by atomic mass is 16.5. The lowest BCUT2D eigenvalue weighted by Crippen LogP contribution is -2.35. The van der Waals surface area contributed by atoms with Crippen LogP contribution in [0.1, 0.15) is 19.8 Å². The van der Waals surface area contributed by atoms with E-state index in [0.29, 0.717) is 19.8 Å². The van der Waals surface area contributed by atoms with Crippen molar-refractivity contribution in [2.75, 3.05) is 40.5 Å². The van der Waals surface area contributed by atoms with Crippen LogP contribution in [0.4, 0.5) is 0 Å². The molecule has 0 fully saturated rings. The second-order valence-electron chi connectivity index (χ2n) is 3.86. The van der Waals surface area contributed by atoms with Crippen LogP contribution in [0.3, 0.4) is 0 Å². The average Bonchev–Trinajstić information content (AvgIpc) is 2.24. The first-order valence-corrected chi connectivity index (χ1v) is 5.61. The van der Waals surface area contributed by atoms with E-state index in [1.807, 2.05) is 0 Å². The van der Waals surface area contributed by atoms with Gasteiger partial charge in [0.05, 0.1) is 26.4 Å². The number of ether oxygens (including phenoxy) is 2. The summed E-state index contributed by atoms with van der Waals surface area (Å²) in [5.41, 5.74) is 0. The SMILES string of the molecule is CCCCOCC(O)CN(C)CC(=O)OC. The molecule has 0 aromatic rings. The third-order valence-corrected chi connectivity index (χ3v) is 2.10. The lowest BCUT2D eigenvalue weighted by atomic mass is 10.3. The molecule has 0 saturated heterocycles. The Kier molecular flexibility index (Phi) is 9.18. The number of esters is 1. The summed E-state index contributed by atoms with van der Waals surface area (Å²) in [7, 11) is 3.10. The Bertz CT molecular complexity index is 187. The number of carbonyl (C=O) groups is 1. The van der Waals surface area contributed by atoms with E-state index in [-0.39, 0.29) is 12.5 Å². The summed E-state index contributed by atoms with van der Waals surface area (Å²) in [6.07, 6.45) is 1.52. The normalized spacial score (nSPS) is 12.8. The molecule has 0 saturated carbocycles. The highest BCUT2D eigenvalue weighted by Gasteiger charge is 2.11. The Morgan fingerprint density at radius 1 is 1.50 bits per heavy atom. The van der Waals surface area contributed by atoms with Gasteiger partial charge in [0.25, 0.3) is 0 Å². The Morgan fingerprint density at radius 2 is 2.19 bits per heavy atom. The smallest absolute Gasteiger partial charge is 0.319 e. The third-order valence-electron chi connectivity index (χ3n) is 2.10. The number of hydrogen-bond donors (Lipinski definition) is 1. The Labute approximate surface area is 97.3 Å². The summed E-state index contributed by atoms with van der Waals surface area (Å²) < 4.78 is 9.80. The monoisotopic (exact) mass is 233 g/mol. The average molecular weight is 233 g/mol. The van der Waals surface area contributed by atoms with Crippen molar-refractivity contribution in [2.24, 2.45) is 0 Å². The van der Waals surface area contributed by atoms with E-state index in [9.17, 15) is 9.90 Å². The molecule has 0 aromatic heterocycles. The van der Waals surface area contributed by atoms with Gasteiger partial charge in [-0.1, -0.05) is 13.3 Å². The van der Waals surface area contributed by atoms with Gasteiger partial charge in [0, 0.05) is 13.2 Å². The maximum Gasteiger partial charge on any atom is 0.319 e. The maximum atomic E-state index is 10.9. The zero-order valence-electron chi connectivity index (χ0n) is 10.4. The summed E-state index contributed by atoms with van der Waals surface area (Å²) >= 11 is 0. The molecule has 0 aliphatic heterocycles. The first-order valence-electron chi connectivity index (χ1n) is 5.61. The molecule has 0 rings (SSSR count). The highest BCUT2D eigenvalue weighted by Crippen LogP contribution is 1.94. The molecule has 0 aliphatic carbocycles. The van der Waals surface area contributed by atoms with Gasteiger partial charge in [0.2, 0.25) is 0 Å². The third kappa shape index (κ3) is 8.64. The number of methoxy groups -OCH3 is 1. The van der Waals surface area contributed by atoms with Crippen molar-refractivity contribution in [1.29, 1.82) is 0 Å². The molecule has 5 nitrogen and oxygen atoms in total. The zero-order valence-corrected chi connectivity index (χ0v) is 10.4. The molecule has 0 amide bonds. The van der Waals surface area contributed by atoms with Gasteiger partial charge in [-0.3, -0.25) is 9.69 Å². The van der Waals surface area contributed by atoms with Crippen LogP contribution >= 0.6 is 0 Å². The molecule has 0 aliphatic rings. The molecule has 0 bridgehead atoms. The maximum absolute atomic E-state index is 10.9. The van der Waals surface area contributed by atoms with Crippen LogP contribution in [0, 0.1) is 0 Å². The Morgan fingerprint density at radius 3 is 2.75 bits per heavy atom. The molecule has 0 radical (unpaired) electrons. The first kappa shape index (κ1) is 15.3. The fourth-order valence-electron chi connectivity index (χ4n) is 1.23. The number of hydrogen-bond acceptors (Lipinski definition) is 5. The van der Waals surface area contributed by atoms with Gasteiger partial charge in [-0.05, 0) is 13.5 Å². The predicted molar refractivity (Wildman–Crippen MR) is 61.2 cm³/mol. The number of rotatable bonds is 9. The van der Waals surface area contributed by atoms with Crippen LogP contribution in [0.5, 0.6) is 0 Å². The summed E-state index contributed by atoms with van der Waals surface area (Å²) in [4.78, 5) is 12.6. The van der Waals surface area contributed by atoms with E-state index >= 15 is 0 Å². The second kappa shape index (κ2) is 9.57. The molecular weight excluding hydrogens is 210 g/mol. The lowest BCUT2D eigenvalue weighted by Gasteiger charge is -2.19. The number of aliphatic hydroxyl groups excluding tert-OH is 1. The second-order valence-corrected chi connectivity index (χ2v) is 3.86. The Balaban J connectivity index is 3.53. The van der Waals surface area contributed by atoms with Crippen LogP contribution in [-0.2, 0) is 14.3 Å². The van der Waals surface area contributed by atoms with Gasteiger partial charge >= 0.3 is 5.97 Å². The van der Waals surface area contributed by atoms with Gasteiger partial charge in [-0.25, -0.2) is 0 Å².